The summed E-state index contributed by atoms with van der Waals surface area (Å²) in [5, 5.41) is 15.3. The van der Waals surface area contributed by atoms with Gasteiger partial charge in [0.2, 0.25) is 0 Å². The fourth-order valence-corrected chi connectivity index (χ4v) is 2.96. The van der Waals surface area contributed by atoms with Gasteiger partial charge in [-0.2, -0.15) is 5.10 Å². The summed E-state index contributed by atoms with van der Waals surface area (Å²) in [6.07, 6.45) is 0.715. The normalized spacial score (nSPS) is 13.7. The van der Waals surface area contributed by atoms with Gasteiger partial charge in [-0.3, -0.25) is 14.9 Å². The molecule has 0 saturated carbocycles. The van der Waals surface area contributed by atoms with Gasteiger partial charge in [-0.15, -0.1) is 0 Å². The van der Waals surface area contributed by atoms with Crippen LogP contribution in [-0.4, -0.2) is 28.4 Å². The van der Waals surface area contributed by atoms with Crippen molar-refractivity contribution in [2.75, 3.05) is 18.6 Å². The fourth-order valence-electron chi connectivity index (χ4n) is 2.96. The summed E-state index contributed by atoms with van der Waals surface area (Å²) in [6, 6.07) is 6.38. The molecule has 0 N–H and O–H groups in total. The number of aromatic nitrogens is 2. The van der Waals surface area contributed by atoms with Crippen molar-refractivity contribution in [3.63, 3.8) is 0 Å². The van der Waals surface area contributed by atoms with Crippen molar-refractivity contribution in [3.05, 3.63) is 61.6 Å². The van der Waals surface area contributed by atoms with Gasteiger partial charge < -0.3 is 9.64 Å². The SMILES string of the molecule is COCc1cc([N+](=O)[O-])ccc1N1CCc2nn(C)c(=O)cc2C1. The Labute approximate surface area is 138 Å². The summed E-state index contributed by atoms with van der Waals surface area (Å²) in [6.45, 7) is 1.56. The van der Waals surface area contributed by atoms with Gasteiger partial charge in [0.05, 0.1) is 17.2 Å². The highest BCUT2D eigenvalue weighted by atomic mass is 16.6. The van der Waals surface area contributed by atoms with Gasteiger partial charge in [0.1, 0.15) is 0 Å². The third kappa shape index (κ3) is 3.00. The molecule has 0 aliphatic carbocycles. The second kappa shape index (κ2) is 6.40. The molecule has 2 heterocycles. The molecule has 1 aromatic heterocycles. The van der Waals surface area contributed by atoms with E-state index in [0.29, 0.717) is 13.0 Å². The standard InChI is InChI=1S/C16H18N4O4/c1-18-16(21)8-11-9-19(6-5-14(11)17-18)15-4-3-13(20(22)23)7-12(15)10-24-2/h3-4,7-8H,5-6,9-10H2,1-2H3. The van der Waals surface area contributed by atoms with Crippen LogP contribution in [-0.2, 0) is 31.4 Å². The van der Waals surface area contributed by atoms with Crippen LogP contribution in [0.2, 0.25) is 0 Å². The molecule has 0 radical (unpaired) electrons. The highest BCUT2D eigenvalue weighted by Crippen LogP contribution is 2.29. The summed E-state index contributed by atoms with van der Waals surface area (Å²) < 4.78 is 6.53. The molecule has 3 rings (SSSR count). The summed E-state index contributed by atoms with van der Waals surface area (Å²) in [5.74, 6) is 0. The summed E-state index contributed by atoms with van der Waals surface area (Å²) in [7, 11) is 3.20. The van der Waals surface area contributed by atoms with E-state index in [2.05, 4.69) is 10.00 Å². The molecule has 2 aromatic rings. The van der Waals surface area contributed by atoms with Crippen LogP contribution in [0.15, 0.2) is 29.1 Å². The number of fused-ring (bicyclic) bond motifs is 1. The number of non-ortho nitro benzene ring substituents is 1. The Morgan fingerprint density at radius 1 is 1.38 bits per heavy atom. The minimum absolute atomic E-state index is 0.0405. The van der Waals surface area contributed by atoms with Crippen LogP contribution >= 0.6 is 0 Å². The van der Waals surface area contributed by atoms with Crippen molar-refractivity contribution in [2.45, 2.75) is 19.6 Å². The van der Waals surface area contributed by atoms with Crippen molar-refractivity contribution >= 4 is 11.4 Å². The lowest BCUT2D eigenvalue weighted by atomic mass is 10.0. The molecular formula is C16H18N4O4. The van der Waals surface area contributed by atoms with E-state index >= 15 is 0 Å². The Hall–Kier alpha value is -2.74. The molecule has 0 spiro atoms. The second-order valence-corrected chi connectivity index (χ2v) is 5.75. The fraction of sp³-hybridized carbons (Fsp3) is 0.375. The Morgan fingerprint density at radius 2 is 2.17 bits per heavy atom. The molecule has 1 aliphatic rings. The predicted octanol–water partition coefficient (Wildman–Crippen LogP) is 1.40. The third-order valence-electron chi connectivity index (χ3n) is 4.15. The Morgan fingerprint density at radius 3 is 2.88 bits per heavy atom. The van der Waals surface area contributed by atoms with E-state index in [1.165, 1.54) is 16.8 Å². The van der Waals surface area contributed by atoms with Crippen LogP contribution in [0.3, 0.4) is 0 Å². The van der Waals surface area contributed by atoms with Gasteiger partial charge in [-0.25, -0.2) is 4.68 Å². The van der Waals surface area contributed by atoms with E-state index < -0.39 is 4.92 Å². The number of methoxy groups -OCH3 is 1. The van der Waals surface area contributed by atoms with E-state index in [4.69, 9.17) is 4.74 Å². The molecule has 0 saturated heterocycles. The largest absolute Gasteiger partial charge is 0.380 e. The summed E-state index contributed by atoms with van der Waals surface area (Å²) >= 11 is 0. The molecule has 8 heteroatoms. The summed E-state index contributed by atoms with van der Waals surface area (Å²) in [4.78, 5) is 24.5. The van der Waals surface area contributed by atoms with E-state index in [1.807, 2.05) is 0 Å². The molecule has 126 valence electrons. The molecule has 1 aliphatic heterocycles. The first-order valence-corrected chi connectivity index (χ1v) is 7.57. The van der Waals surface area contributed by atoms with Crippen LogP contribution in [0, 0.1) is 10.1 Å². The van der Waals surface area contributed by atoms with Gasteiger partial charge in [-0.05, 0) is 6.07 Å². The number of rotatable bonds is 4. The predicted molar refractivity (Wildman–Crippen MR) is 88.0 cm³/mol. The zero-order valence-corrected chi connectivity index (χ0v) is 13.6. The molecule has 0 fully saturated rings. The van der Waals surface area contributed by atoms with E-state index in [0.717, 1.165) is 29.1 Å². The van der Waals surface area contributed by atoms with Gasteiger partial charge in [0.25, 0.3) is 11.2 Å². The average molecular weight is 330 g/mol. The Balaban J connectivity index is 1.96. The number of hydrogen-bond donors (Lipinski definition) is 0. The van der Waals surface area contributed by atoms with Crippen LogP contribution < -0.4 is 10.5 Å². The second-order valence-electron chi connectivity index (χ2n) is 5.75. The zero-order valence-electron chi connectivity index (χ0n) is 13.6. The van der Waals surface area contributed by atoms with Gasteiger partial charge in [0.15, 0.2) is 0 Å². The number of benzene rings is 1. The van der Waals surface area contributed by atoms with Crippen molar-refractivity contribution in [1.29, 1.82) is 0 Å². The number of hydrogen-bond acceptors (Lipinski definition) is 6. The van der Waals surface area contributed by atoms with Crippen LogP contribution in [0.5, 0.6) is 0 Å². The first-order chi connectivity index (χ1) is 11.5. The highest BCUT2D eigenvalue weighted by Gasteiger charge is 2.22. The highest BCUT2D eigenvalue weighted by molar-refractivity contribution is 5.58. The van der Waals surface area contributed by atoms with Crippen molar-refractivity contribution in [1.82, 2.24) is 9.78 Å². The Bertz CT molecular complexity index is 846. The maximum atomic E-state index is 11.8. The summed E-state index contributed by atoms with van der Waals surface area (Å²) in [5.41, 5.74) is 3.35. The Kier molecular flexibility index (Phi) is 4.30. The molecule has 1 aromatic carbocycles. The smallest absolute Gasteiger partial charge is 0.269 e. The van der Waals surface area contributed by atoms with Crippen molar-refractivity contribution < 1.29 is 9.66 Å². The zero-order chi connectivity index (χ0) is 17.3. The van der Waals surface area contributed by atoms with Crippen LogP contribution in [0.4, 0.5) is 11.4 Å². The molecule has 0 unspecified atom stereocenters. The van der Waals surface area contributed by atoms with Gasteiger partial charge in [-0.1, -0.05) is 0 Å². The minimum Gasteiger partial charge on any atom is -0.380 e. The van der Waals surface area contributed by atoms with Gasteiger partial charge >= 0.3 is 0 Å². The number of nitrogens with zero attached hydrogens (tertiary/aromatic N) is 4. The van der Waals surface area contributed by atoms with E-state index in [1.54, 1.807) is 26.3 Å². The average Bonchev–Trinajstić information content (AvgIpc) is 2.56. The van der Waals surface area contributed by atoms with E-state index in [-0.39, 0.29) is 17.9 Å². The molecule has 0 atom stereocenters. The number of ether oxygens (including phenoxy) is 1. The van der Waals surface area contributed by atoms with Crippen molar-refractivity contribution in [2.24, 2.45) is 7.05 Å². The monoisotopic (exact) mass is 330 g/mol. The molecule has 24 heavy (non-hydrogen) atoms. The lowest BCUT2D eigenvalue weighted by Crippen LogP contribution is -2.34. The molecule has 8 nitrogen and oxygen atoms in total. The molecule has 0 amide bonds. The van der Waals surface area contributed by atoms with Crippen LogP contribution in [0.25, 0.3) is 0 Å². The maximum absolute atomic E-state index is 11.8. The van der Waals surface area contributed by atoms with Crippen LogP contribution in [0.1, 0.15) is 16.8 Å². The number of nitro benzene ring substituents is 1. The third-order valence-corrected chi connectivity index (χ3v) is 4.15. The lowest BCUT2D eigenvalue weighted by molar-refractivity contribution is -0.384. The minimum atomic E-state index is -0.415. The maximum Gasteiger partial charge on any atom is 0.269 e. The van der Waals surface area contributed by atoms with Crippen molar-refractivity contribution in [3.8, 4) is 0 Å². The first-order valence-electron chi connectivity index (χ1n) is 7.57. The van der Waals surface area contributed by atoms with Gasteiger partial charge in [0, 0.05) is 68.7 Å². The lowest BCUT2D eigenvalue weighted by Gasteiger charge is -2.31. The molecular weight excluding hydrogens is 312 g/mol. The molecule has 0 bridgehead atoms. The topological polar surface area (TPSA) is 90.5 Å². The number of nitro groups is 1. The number of anilines is 1. The quantitative estimate of drug-likeness (QED) is 0.622. The first kappa shape index (κ1) is 16.1. The van der Waals surface area contributed by atoms with E-state index in [9.17, 15) is 14.9 Å². The number of aryl methyl sites for hydroxylation is 1.